The van der Waals surface area contributed by atoms with Gasteiger partial charge in [-0.1, -0.05) is 0 Å². The van der Waals surface area contributed by atoms with E-state index in [1.165, 1.54) is 0 Å². The zero-order valence-corrected chi connectivity index (χ0v) is 12.1. The first-order valence-electron chi connectivity index (χ1n) is 6.52. The second-order valence-electron chi connectivity index (χ2n) is 5.15. The molecular formula is C15H20O5. The number of methoxy groups -OCH3 is 3. The van der Waals surface area contributed by atoms with Crippen LogP contribution in [0.15, 0.2) is 12.1 Å². The van der Waals surface area contributed by atoms with Crippen molar-refractivity contribution in [2.45, 2.75) is 31.3 Å². The molecule has 1 saturated carbocycles. The van der Waals surface area contributed by atoms with Crippen molar-refractivity contribution in [2.75, 3.05) is 21.3 Å². The molecule has 1 aliphatic carbocycles. The van der Waals surface area contributed by atoms with Crippen LogP contribution in [0.1, 0.15) is 30.4 Å². The average molecular weight is 280 g/mol. The molecule has 20 heavy (non-hydrogen) atoms. The summed E-state index contributed by atoms with van der Waals surface area (Å²) in [5.41, 5.74) is 1.68. The average Bonchev–Trinajstić information content (AvgIpc) is 3.18. The molecule has 0 amide bonds. The van der Waals surface area contributed by atoms with Crippen LogP contribution in [-0.4, -0.2) is 32.4 Å². The number of hydrogen-bond donors (Lipinski definition) is 1. The number of benzene rings is 1. The predicted octanol–water partition coefficient (Wildman–Crippen LogP) is 2.36. The quantitative estimate of drug-likeness (QED) is 0.830. The highest BCUT2D eigenvalue weighted by atomic mass is 16.5. The lowest BCUT2D eigenvalue weighted by Crippen LogP contribution is -2.16. The van der Waals surface area contributed by atoms with E-state index in [9.17, 15) is 4.79 Å². The molecule has 0 spiro atoms. The number of hydrogen-bond acceptors (Lipinski definition) is 4. The van der Waals surface area contributed by atoms with Crippen molar-refractivity contribution in [3.05, 3.63) is 23.3 Å². The van der Waals surface area contributed by atoms with E-state index in [2.05, 4.69) is 0 Å². The van der Waals surface area contributed by atoms with Gasteiger partial charge in [-0.3, -0.25) is 4.79 Å². The summed E-state index contributed by atoms with van der Waals surface area (Å²) < 4.78 is 15.8. The molecule has 1 aliphatic rings. The van der Waals surface area contributed by atoms with Crippen LogP contribution < -0.4 is 9.47 Å². The molecular weight excluding hydrogens is 260 g/mol. The van der Waals surface area contributed by atoms with Gasteiger partial charge in [0.15, 0.2) is 11.5 Å². The molecule has 0 aliphatic heterocycles. The molecule has 0 atom stereocenters. The second kappa shape index (κ2) is 5.71. The molecule has 5 nitrogen and oxygen atoms in total. The first-order valence-corrected chi connectivity index (χ1v) is 6.52. The van der Waals surface area contributed by atoms with Crippen molar-refractivity contribution in [3.63, 3.8) is 0 Å². The summed E-state index contributed by atoms with van der Waals surface area (Å²) in [4.78, 5) is 11.1. The lowest BCUT2D eigenvalue weighted by molar-refractivity contribution is -0.137. The van der Waals surface area contributed by atoms with Crippen LogP contribution in [0, 0.1) is 0 Å². The largest absolute Gasteiger partial charge is 0.493 e. The van der Waals surface area contributed by atoms with Gasteiger partial charge >= 0.3 is 5.97 Å². The van der Waals surface area contributed by atoms with Crippen LogP contribution in [0.4, 0.5) is 0 Å². The fraction of sp³-hybridized carbons (Fsp3) is 0.533. The van der Waals surface area contributed by atoms with Crippen molar-refractivity contribution in [1.29, 1.82) is 0 Å². The smallest absolute Gasteiger partial charge is 0.304 e. The zero-order chi connectivity index (χ0) is 14.8. The Kier molecular flexibility index (Phi) is 4.18. The van der Waals surface area contributed by atoms with Crippen molar-refractivity contribution in [2.24, 2.45) is 0 Å². The molecule has 1 aromatic rings. The third-order valence-electron chi connectivity index (χ3n) is 3.82. The highest BCUT2D eigenvalue weighted by Crippen LogP contribution is 2.53. The van der Waals surface area contributed by atoms with Gasteiger partial charge in [-0.25, -0.2) is 0 Å². The number of aliphatic carboxylic acids is 1. The van der Waals surface area contributed by atoms with E-state index in [-0.39, 0.29) is 11.8 Å². The van der Waals surface area contributed by atoms with E-state index in [4.69, 9.17) is 19.3 Å². The standard InChI is InChI=1S/C15H20O5/c1-18-9-10-6-12(19-2)13(20-3)7-11(10)15(4-5-15)8-14(16)17/h6-7H,4-5,8-9H2,1-3H3,(H,16,17). The Balaban J connectivity index is 2.47. The van der Waals surface area contributed by atoms with Crippen LogP contribution in [0.3, 0.4) is 0 Å². The molecule has 5 heteroatoms. The van der Waals surface area contributed by atoms with E-state index in [0.717, 1.165) is 24.0 Å². The monoisotopic (exact) mass is 280 g/mol. The molecule has 0 heterocycles. The SMILES string of the molecule is COCc1cc(OC)c(OC)cc1C1(CC(=O)O)CC1. The highest BCUT2D eigenvalue weighted by Gasteiger charge is 2.47. The third-order valence-corrected chi connectivity index (χ3v) is 3.82. The predicted molar refractivity (Wildman–Crippen MR) is 73.4 cm³/mol. The fourth-order valence-corrected chi connectivity index (χ4v) is 2.67. The van der Waals surface area contributed by atoms with Gasteiger partial charge < -0.3 is 19.3 Å². The van der Waals surface area contributed by atoms with Crippen LogP contribution in [-0.2, 0) is 21.6 Å². The molecule has 0 unspecified atom stereocenters. The summed E-state index contributed by atoms with van der Waals surface area (Å²) in [5.74, 6) is 0.481. The van der Waals surface area contributed by atoms with E-state index in [1.54, 1.807) is 21.3 Å². The molecule has 1 fully saturated rings. The topological polar surface area (TPSA) is 65.0 Å². The third kappa shape index (κ3) is 2.72. The Labute approximate surface area is 118 Å². The zero-order valence-electron chi connectivity index (χ0n) is 12.1. The van der Waals surface area contributed by atoms with E-state index >= 15 is 0 Å². The second-order valence-corrected chi connectivity index (χ2v) is 5.15. The van der Waals surface area contributed by atoms with E-state index in [0.29, 0.717) is 18.1 Å². The summed E-state index contributed by atoms with van der Waals surface area (Å²) in [6.45, 7) is 0.428. The van der Waals surface area contributed by atoms with Gasteiger partial charge in [0, 0.05) is 12.5 Å². The molecule has 0 aromatic heterocycles. The highest BCUT2D eigenvalue weighted by molar-refractivity contribution is 5.70. The Morgan fingerprint density at radius 1 is 1.20 bits per heavy atom. The Hall–Kier alpha value is -1.75. The minimum absolute atomic E-state index is 0.138. The van der Waals surface area contributed by atoms with E-state index in [1.807, 2.05) is 12.1 Å². The normalized spacial score (nSPS) is 15.8. The van der Waals surface area contributed by atoms with Crippen molar-refractivity contribution in [3.8, 4) is 11.5 Å². The van der Waals surface area contributed by atoms with Crippen molar-refractivity contribution >= 4 is 5.97 Å². The van der Waals surface area contributed by atoms with Gasteiger partial charge in [-0.05, 0) is 36.1 Å². The number of rotatable bonds is 7. The number of ether oxygens (including phenoxy) is 3. The summed E-state index contributed by atoms with van der Waals surface area (Å²) in [5, 5.41) is 9.11. The minimum atomic E-state index is -0.777. The molecule has 0 saturated heterocycles. The number of carboxylic acids is 1. The van der Waals surface area contributed by atoms with E-state index < -0.39 is 5.97 Å². The van der Waals surface area contributed by atoms with Crippen molar-refractivity contribution < 1.29 is 24.1 Å². The lowest BCUT2D eigenvalue weighted by Gasteiger charge is -2.20. The van der Waals surface area contributed by atoms with Crippen LogP contribution >= 0.6 is 0 Å². The van der Waals surface area contributed by atoms with Gasteiger partial charge in [0.25, 0.3) is 0 Å². The lowest BCUT2D eigenvalue weighted by atomic mass is 9.88. The maximum absolute atomic E-state index is 11.1. The number of carbonyl (C=O) groups is 1. The van der Waals surface area contributed by atoms with Crippen LogP contribution in [0.25, 0.3) is 0 Å². The fourth-order valence-electron chi connectivity index (χ4n) is 2.67. The molecule has 2 rings (SSSR count). The molecule has 1 N–H and O–H groups in total. The first kappa shape index (κ1) is 14.7. The van der Waals surface area contributed by atoms with Crippen LogP contribution in [0.5, 0.6) is 11.5 Å². The Morgan fingerprint density at radius 2 is 1.80 bits per heavy atom. The van der Waals surface area contributed by atoms with Gasteiger partial charge in [-0.2, -0.15) is 0 Å². The molecule has 1 aromatic carbocycles. The minimum Gasteiger partial charge on any atom is -0.493 e. The first-order chi connectivity index (χ1) is 9.56. The summed E-state index contributed by atoms with van der Waals surface area (Å²) >= 11 is 0. The molecule has 0 radical (unpaired) electrons. The van der Waals surface area contributed by atoms with Gasteiger partial charge in [0.05, 0.1) is 27.2 Å². The summed E-state index contributed by atoms with van der Waals surface area (Å²) in [6.07, 6.45) is 1.90. The van der Waals surface area contributed by atoms with Gasteiger partial charge in [0.1, 0.15) is 0 Å². The Bertz CT molecular complexity index is 505. The molecule has 110 valence electrons. The summed E-state index contributed by atoms with van der Waals surface area (Å²) in [6, 6.07) is 3.77. The van der Waals surface area contributed by atoms with Crippen molar-refractivity contribution in [1.82, 2.24) is 0 Å². The maximum atomic E-state index is 11.1. The Morgan fingerprint density at radius 3 is 2.25 bits per heavy atom. The van der Waals surface area contributed by atoms with Crippen LogP contribution in [0.2, 0.25) is 0 Å². The maximum Gasteiger partial charge on any atom is 0.304 e. The van der Waals surface area contributed by atoms with Gasteiger partial charge in [0.2, 0.25) is 0 Å². The summed E-state index contributed by atoms with van der Waals surface area (Å²) in [7, 11) is 4.78. The molecule has 0 bridgehead atoms. The number of carboxylic acid groups (broad SMARTS) is 1. The van der Waals surface area contributed by atoms with Gasteiger partial charge in [-0.15, -0.1) is 0 Å².